The van der Waals surface area contributed by atoms with Gasteiger partial charge in [0.2, 0.25) is 0 Å². The van der Waals surface area contributed by atoms with E-state index in [2.05, 4.69) is 0 Å². The molecule has 1 fully saturated rings. The van der Waals surface area contributed by atoms with E-state index in [-0.39, 0.29) is 0 Å². The van der Waals surface area contributed by atoms with Gasteiger partial charge in [0, 0.05) is 16.2 Å². The Morgan fingerprint density at radius 1 is 0.256 bits per heavy atom. The van der Waals surface area contributed by atoms with Gasteiger partial charge in [-0.2, -0.15) is 0 Å². The summed E-state index contributed by atoms with van der Waals surface area (Å²) in [7, 11) is 0. The van der Waals surface area contributed by atoms with Crippen LogP contribution in [-0.2, 0) is 0 Å². The summed E-state index contributed by atoms with van der Waals surface area (Å²) in [5, 5.41) is 63.7. The van der Waals surface area contributed by atoms with E-state index in [1.165, 1.54) is 103 Å². The number of rotatable bonds is 6. The molecule has 0 aromatic rings. The van der Waals surface area contributed by atoms with Gasteiger partial charge in [0.25, 0.3) is 0 Å². The van der Waals surface area contributed by atoms with E-state index in [0.717, 1.165) is 38.5 Å². The Hall–Kier alpha value is -0.240. The van der Waals surface area contributed by atoms with E-state index in [0.29, 0.717) is 12.8 Å². The molecule has 0 atom stereocenters. The van der Waals surface area contributed by atoms with Crippen molar-refractivity contribution < 1.29 is 30.6 Å². The van der Waals surface area contributed by atoms with Gasteiger partial charge in [-0.15, -0.1) is 0 Å². The molecule has 0 radical (unpaired) electrons. The number of aliphatic hydroxyl groups excluding tert-OH is 6. The van der Waals surface area contributed by atoms with Crippen molar-refractivity contribution in [3.63, 3.8) is 0 Å². The zero-order valence-corrected chi connectivity index (χ0v) is 25.4. The molecule has 39 heavy (non-hydrogen) atoms. The van der Waals surface area contributed by atoms with Crippen LogP contribution in [0.25, 0.3) is 0 Å². The SMILES string of the molecule is OCC1(CO)CCCCCCCCCCCCCCCCCCCCCCCCC(CO)(CO)C1(CO)CO. The third-order valence-corrected chi connectivity index (χ3v) is 10.3. The fourth-order valence-corrected chi connectivity index (χ4v) is 7.25. The second-order valence-electron chi connectivity index (χ2n) is 12.9. The highest BCUT2D eigenvalue weighted by Crippen LogP contribution is 2.56. The van der Waals surface area contributed by atoms with Crippen molar-refractivity contribution in [1.29, 1.82) is 0 Å². The summed E-state index contributed by atoms with van der Waals surface area (Å²) in [5.74, 6) is 0. The molecule has 0 saturated heterocycles. The first-order valence-corrected chi connectivity index (χ1v) is 16.7. The zero-order chi connectivity index (χ0) is 28.7. The molecule has 0 spiro atoms. The monoisotopic (exact) mass is 558 g/mol. The van der Waals surface area contributed by atoms with Gasteiger partial charge in [0.05, 0.1) is 39.6 Å². The summed E-state index contributed by atoms with van der Waals surface area (Å²) < 4.78 is 0. The predicted molar refractivity (Wildman–Crippen MR) is 161 cm³/mol. The van der Waals surface area contributed by atoms with E-state index >= 15 is 0 Å². The van der Waals surface area contributed by atoms with Crippen LogP contribution in [0.4, 0.5) is 0 Å². The van der Waals surface area contributed by atoms with E-state index in [4.69, 9.17) is 0 Å². The molecule has 0 aromatic carbocycles. The van der Waals surface area contributed by atoms with Crippen LogP contribution in [0.1, 0.15) is 154 Å². The highest BCUT2D eigenvalue weighted by atomic mass is 16.3. The molecule has 6 heteroatoms. The molecule has 0 bridgehead atoms. The molecule has 234 valence electrons. The van der Waals surface area contributed by atoms with Gasteiger partial charge in [-0.25, -0.2) is 0 Å². The Morgan fingerprint density at radius 3 is 0.590 bits per heavy atom. The van der Waals surface area contributed by atoms with Gasteiger partial charge >= 0.3 is 0 Å². The third-order valence-electron chi connectivity index (χ3n) is 10.3. The molecule has 1 aliphatic rings. The van der Waals surface area contributed by atoms with Gasteiger partial charge < -0.3 is 30.6 Å². The van der Waals surface area contributed by atoms with E-state index in [1.807, 2.05) is 0 Å². The second kappa shape index (κ2) is 22.4. The van der Waals surface area contributed by atoms with Crippen LogP contribution < -0.4 is 0 Å². The third kappa shape index (κ3) is 11.5. The van der Waals surface area contributed by atoms with E-state index < -0.39 is 55.9 Å². The smallest absolute Gasteiger partial charge is 0.0523 e. The minimum atomic E-state index is -1.39. The minimum absolute atomic E-state index is 0.410. The molecule has 6 N–H and O–H groups in total. The molecule has 0 amide bonds. The largest absolute Gasteiger partial charge is 0.396 e. The second-order valence-corrected chi connectivity index (χ2v) is 12.9. The molecule has 0 aromatic heterocycles. The van der Waals surface area contributed by atoms with Gasteiger partial charge in [-0.3, -0.25) is 0 Å². The summed E-state index contributed by atoms with van der Waals surface area (Å²) in [6, 6.07) is 0. The lowest BCUT2D eigenvalue weighted by Crippen LogP contribution is -2.64. The molecule has 0 aliphatic heterocycles. The maximum absolute atomic E-state index is 10.7. The van der Waals surface area contributed by atoms with Crippen molar-refractivity contribution in [2.45, 2.75) is 154 Å². The Bertz CT molecular complexity index is 498. The average molecular weight is 559 g/mol. The Kier molecular flexibility index (Phi) is 21.1. The van der Waals surface area contributed by atoms with Crippen LogP contribution >= 0.6 is 0 Å². The predicted octanol–water partition coefficient (Wildman–Crippen LogP) is 6.28. The quantitative estimate of drug-likeness (QED) is 0.228. The fourth-order valence-electron chi connectivity index (χ4n) is 7.25. The highest BCUT2D eigenvalue weighted by molar-refractivity contribution is 5.08. The molecule has 6 nitrogen and oxygen atoms in total. The molecule has 1 saturated carbocycles. The van der Waals surface area contributed by atoms with E-state index in [1.54, 1.807) is 0 Å². The number of hydrogen-bond donors (Lipinski definition) is 6. The van der Waals surface area contributed by atoms with Gasteiger partial charge in [0.1, 0.15) is 0 Å². The van der Waals surface area contributed by atoms with Crippen LogP contribution in [0.5, 0.6) is 0 Å². The first-order chi connectivity index (χ1) is 19.1. The normalized spacial score (nSPS) is 24.5. The van der Waals surface area contributed by atoms with Crippen molar-refractivity contribution in [3.8, 4) is 0 Å². The van der Waals surface area contributed by atoms with Crippen molar-refractivity contribution in [2.75, 3.05) is 39.6 Å². The molecular weight excluding hydrogens is 492 g/mol. The molecular formula is C33H66O6. The average Bonchev–Trinajstić information content (AvgIpc) is 2.97. The summed E-state index contributed by atoms with van der Waals surface area (Å²) in [4.78, 5) is 0. The van der Waals surface area contributed by atoms with E-state index in [9.17, 15) is 30.6 Å². The summed E-state index contributed by atoms with van der Waals surface area (Å²) in [6.07, 6.45) is 27.5. The van der Waals surface area contributed by atoms with Crippen LogP contribution in [0.15, 0.2) is 0 Å². The van der Waals surface area contributed by atoms with Crippen molar-refractivity contribution >= 4 is 0 Å². The topological polar surface area (TPSA) is 121 Å². The first-order valence-electron chi connectivity index (χ1n) is 16.7. The van der Waals surface area contributed by atoms with Crippen LogP contribution in [-0.4, -0.2) is 70.3 Å². The maximum Gasteiger partial charge on any atom is 0.0523 e. The van der Waals surface area contributed by atoms with Gasteiger partial charge in [-0.05, 0) is 12.8 Å². The number of hydrogen-bond acceptors (Lipinski definition) is 6. The Morgan fingerprint density at radius 2 is 0.436 bits per heavy atom. The number of aliphatic hydroxyl groups is 6. The van der Waals surface area contributed by atoms with Crippen molar-refractivity contribution in [3.05, 3.63) is 0 Å². The maximum atomic E-state index is 10.7. The standard InChI is InChI=1S/C33H66O6/c34-25-31(26-35)23-21-19-17-15-13-11-9-7-5-3-1-2-4-6-8-10-12-14-16-18-20-22-24-32(27-36,28-37)33(31,29-38)30-39/h34-39H,1-30H2. The van der Waals surface area contributed by atoms with Crippen LogP contribution in [0, 0.1) is 16.2 Å². The summed E-state index contributed by atoms with van der Waals surface area (Å²) in [5.41, 5.74) is -3.77. The van der Waals surface area contributed by atoms with Gasteiger partial charge in [-0.1, -0.05) is 141 Å². The molecule has 1 aliphatic carbocycles. The van der Waals surface area contributed by atoms with Crippen LogP contribution in [0.2, 0.25) is 0 Å². The highest BCUT2D eigenvalue weighted by Gasteiger charge is 2.61. The lowest BCUT2D eigenvalue weighted by molar-refractivity contribution is -0.214. The van der Waals surface area contributed by atoms with Crippen LogP contribution in [0.3, 0.4) is 0 Å². The zero-order valence-electron chi connectivity index (χ0n) is 25.4. The first kappa shape index (κ1) is 36.8. The summed E-state index contributed by atoms with van der Waals surface area (Å²) >= 11 is 0. The fraction of sp³-hybridized carbons (Fsp3) is 1.00. The molecule has 0 heterocycles. The lowest BCUT2D eigenvalue weighted by Gasteiger charge is -2.57. The summed E-state index contributed by atoms with van der Waals surface area (Å²) in [6.45, 7) is -2.66. The van der Waals surface area contributed by atoms with Gasteiger partial charge in [0.15, 0.2) is 0 Å². The Balaban J connectivity index is 2.88. The Labute approximate surface area is 240 Å². The van der Waals surface area contributed by atoms with Crippen molar-refractivity contribution in [1.82, 2.24) is 0 Å². The molecule has 1 rings (SSSR count). The van der Waals surface area contributed by atoms with Crippen molar-refractivity contribution in [2.24, 2.45) is 16.2 Å². The molecule has 0 unspecified atom stereocenters. The minimum Gasteiger partial charge on any atom is -0.396 e. The lowest BCUT2D eigenvalue weighted by atomic mass is 9.49.